The number of likely N-dealkylation sites (N-methyl/N-ethyl adjacent to an activating group) is 1. The minimum absolute atomic E-state index is 0.104. The molecule has 1 aromatic rings. The largest absolute Gasteiger partial charge is 0.478 e. The molecule has 1 saturated heterocycles. The van der Waals surface area contributed by atoms with Crippen LogP contribution >= 0.6 is 0 Å². The predicted molar refractivity (Wildman–Crippen MR) is 245 cm³/mol. The molecule has 5 heteroatoms. The van der Waals surface area contributed by atoms with Crippen LogP contribution in [0.15, 0.2) is 43.0 Å². The molecule has 1 N–H and O–H groups in total. The highest BCUT2D eigenvalue weighted by atomic mass is 16.4. The average molecular weight is 779 g/mol. The molecule has 1 aromatic carbocycles. The Bertz CT molecular complexity index is 1460. The first-order valence-electron chi connectivity index (χ1n) is 21.1. The summed E-state index contributed by atoms with van der Waals surface area (Å²) >= 11 is 0. The summed E-state index contributed by atoms with van der Waals surface area (Å²) in [5.74, 6) is 3.58. The van der Waals surface area contributed by atoms with Crippen molar-refractivity contribution < 1.29 is 14.7 Å². The number of aromatic carboxylic acids is 1. The van der Waals surface area contributed by atoms with Crippen LogP contribution < -0.4 is 0 Å². The van der Waals surface area contributed by atoms with Crippen molar-refractivity contribution in [3.05, 3.63) is 54.1 Å². The molecule has 1 heterocycles. The molecule has 7 rings (SSSR count). The molecule has 314 valence electrons. The predicted octanol–water partition coefficient (Wildman–Crippen LogP) is 11.5. The zero-order chi connectivity index (χ0) is 44.2. The van der Waals surface area contributed by atoms with Crippen LogP contribution in [-0.4, -0.2) is 60.5 Å². The van der Waals surface area contributed by atoms with E-state index in [9.17, 15) is 14.7 Å². The number of amides is 1. The average Bonchev–Trinajstić information content (AvgIpc) is 3.64. The van der Waals surface area contributed by atoms with E-state index in [4.69, 9.17) is 0 Å². The second kappa shape index (κ2) is 24.6. The van der Waals surface area contributed by atoms with Gasteiger partial charge in [0.2, 0.25) is 6.41 Å². The van der Waals surface area contributed by atoms with Crippen molar-refractivity contribution in [2.75, 3.05) is 33.2 Å². The highest BCUT2D eigenvalue weighted by molar-refractivity contribution is 5.88. The van der Waals surface area contributed by atoms with Gasteiger partial charge in [-0.05, 0) is 146 Å². The summed E-state index contributed by atoms with van der Waals surface area (Å²) in [7, 11) is 2.07. The standard InChI is InChI=1S/C33H46O2.C6H12N2O.C3H6.C2H6.4C2H2/c1-30(2)24(21-8-10-22(11-9-21)29(34)35)15-19-33(5)27(30)16-20-32(4)26-14-18-31(3)17-6-7-25(31)23(26)12-13-28(32)33;1-7-2-4-8(6-9)5-3-7;1-3-2;5*1-2/h8-11,15,23,25-28H,6-7,12-14,16-20H2,1-5H3,(H,34,35);6H,2-5H2,1H3;3H,1H2,2H3;1-2H3;4*1-2H/t23-,25?,26?,27?,28?,31-,32+,33+;;;;;;;/m1......./s1. The first-order chi connectivity index (χ1) is 27.2. The van der Waals surface area contributed by atoms with Gasteiger partial charge < -0.3 is 14.9 Å². The van der Waals surface area contributed by atoms with Gasteiger partial charge in [0.15, 0.2) is 0 Å². The Hall–Kier alpha value is -4.16. The first-order valence-corrected chi connectivity index (χ1v) is 21.1. The summed E-state index contributed by atoms with van der Waals surface area (Å²) in [4.78, 5) is 25.6. The Kier molecular flexibility index (Phi) is 22.8. The van der Waals surface area contributed by atoms with Gasteiger partial charge in [0.1, 0.15) is 0 Å². The van der Waals surface area contributed by atoms with E-state index in [1.54, 1.807) is 23.1 Å². The van der Waals surface area contributed by atoms with Crippen molar-refractivity contribution >= 4 is 18.0 Å². The third kappa shape index (κ3) is 11.5. The second-order valence-corrected chi connectivity index (χ2v) is 17.5. The van der Waals surface area contributed by atoms with Gasteiger partial charge in [-0.3, -0.25) is 4.79 Å². The molecule has 4 unspecified atom stereocenters. The summed E-state index contributed by atoms with van der Waals surface area (Å²) in [6.45, 7) is 26.0. The lowest BCUT2D eigenvalue weighted by Crippen LogP contribution is -2.60. The van der Waals surface area contributed by atoms with Crippen LogP contribution in [0.1, 0.15) is 136 Å². The zero-order valence-corrected chi connectivity index (χ0v) is 37.3. The molecule has 5 aliphatic carbocycles. The van der Waals surface area contributed by atoms with Crippen LogP contribution in [0.5, 0.6) is 0 Å². The molecule has 1 aliphatic heterocycles. The van der Waals surface area contributed by atoms with Crippen LogP contribution in [0, 0.1) is 103 Å². The monoisotopic (exact) mass is 779 g/mol. The van der Waals surface area contributed by atoms with E-state index in [1.165, 1.54) is 75.3 Å². The van der Waals surface area contributed by atoms with E-state index in [-0.39, 0.29) is 5.41 Å². The van der Waals surface area contributed by atoms with Gasteiger partial charge in [-0.2, -0.15) is 0 Å². The van der Waals surface area contributed by atoms with Crippen LogP contribution in [-0.2, 0) is 4.79 Å². The van der Waals surface area contributed by atoms with E-state index in [0.717, 1.165) is 56.3 Å². The van der Waals surface area contributed by atoms with Crippen molar-refractivity contribution in [3.63, 3.8) is 0 Å². The minimum Gasteiger partial charge on any atom is -0.478 e. The van der Waals surface area contributed by atoms with E-state index >= 15 is 0 Å². The van der Waals surface area contributed by atoms with Crippen molar-refractivity contribution in [3.8, 4) is 51.4 Å². The van der Waals surface area contributed by atoms with Crippen molar-refractivity contribution in [1.82, 2.24) is 9.80 Å². The number of piperazine rings is 1. The topological polar surface area (TPSA) is 60.9 Å². The van der Waals surface area contributed by atoms with E-state index < -0.39 is 5.97 Å². The van der Waals surface area contributed by atoms with Crippen LogP contribution in [0.25, 0.3) is 5.57 Å². The number of benzene rings is 1. The Balaban J connectivity index is 0.00000119. The molecule has 5 fully saturated rings. The van der Waals surface area contributed by atoms with Crippen LogP contribution in [0.3, 0.4) is 0 Å². The number of nitrogens with zero attached hydrogens (tertiary/aromatic N) is 2. The zero-order valence-electron chi connectivity index (χ0n) is 37.3. The Morgan fingerprint density at radius 2 is 1.30 bits per heavy atom. The van der Waals surface area contributed by atoms with Gasteiger partial charge in [-0.25, -0.2) is 4.79 Å². The molecule has 5 nitrogen and oxygen atoms in total. The van der Waals surface area contributed by atoms with Crippen LogP contribution in [0.4, 0.5) is 0 Å². The molecule has 0 radical (unpaired) electrons. The lowest BCUT2D eigenvalue weighted by Gasteiger charge is -2.68. The summed E-state index contributed by atoms with van der Waals surface area (Å²) in [5, 5.41) is 9.34. The third-order valence-electron chi connectivity index (χ3n) is 14.7. The van der Waals surface area contributed by atoms with Gasteiger partial charge >= 0.3 is 5.97 Å². The summed E-state index contributed by atoms with van der Waals surface area (Å²) in [5.41, 5.74) is 4.65. The SMILES string of the molecule is C#C.C#C.C#C.C#C.C=CC.CC.CC1(C)C(c2ccc(C(=O)O)cc2)=CC[C@@]2(C)C1CC[C@@]1(C)C3CC[C@@]4(C)CCCC4[C@H]3CCC12.CN1CCN(C=O)CC1. The fraction of sp³-hybridized carbons (Fsp3) is 0.615. The fourth-order valence-electron chi connectivity index (χ4n) is 12.4. The van der Waals surface area contributed by atoms with Gasteiger partial charge in [0, 0.05) is 26.2 Å². The number of hydrogen-bond donors (Lipinski definition) is 1. The van der Waals surface area contributed by atoms with Crippen LogP contribution in [0.2, 0.25) is 0 Å². The van der Waals surface area contributed by atoms with Gasteiger partial charge in [0.05, 0.1) is 5.56 Å². The van der Waals surface area contributed by atoms with Gasteiger partial charge in [-0.1, -0.05) is 79.2 Å². The molecular formula is C52H78N2O3. The smallest absolute Gasteiger partial charge is 0.335 e. The molecule has 4 saturated carbocycles. The maximum Gasteiger partial charge on any atom is 0.335 e. The summed E-state index contributed by atoms with van der Waals surface area (Å²) < 4.78 is 0. The minimum atomic E-state index is -0.844. The van der Waals surface area contributed by atoms with E-state index in [2.05, 4.69) is 111 Å². The number of terminal acetylenes is 4. The number of allylic oxidation sites excluding steroid dienone is 3. The molecule has 6 aliphatic rings. The molecule has 8 atom stereocenters. The Morgan fingerprint density at radius 1 is 0.754 bits per heavy atom. The summed E-state index contributed by atoms with van der Waals surface area (Å²) in [6, 6.07) is 7.64. The van der Waals surface area contributed by atoms with Crippen molar-refractivity contribution in [1.29, 1.82) is 0 Å². The van der Waals surface area contributed by atoms with Crippen molar-refractivity contribution in [2.24, 2.45) is 51.2 Å². The number of rotatable bonds is 3. The van der Waals surface area contributed by atoms with E-state index in [1.807, 2.05) is 32.9 Å². The quantitative estimate of drug-likeness (QED) is 0.189. The molecule has 0 aromatic heterocycles. The van der Waals surface area contributed by atoms with Gasteiger partial charge in [0.25, 0.3) is 0 Å². The van der Waals surface area contributed by atoms with E-state index in [0.29, 0.717) is 27.7 Å². The number of carbonyl (C=O) groups excluding carboxylic acids is 1. The molecule has 1 amide bonds. The molecular weight excluding hydrogens is 701 g/mol. The fourth-order valence-corrected chi connectivity index (χ4v) is 12.4. The Morgan fingerprint density at radius 3 is 1.81 bits per heavy atom. The molecule has 0 spiro atoms. The Labute approximate surface area is 350 Å². The second-order valence-electron chi connectivity index (χ2n) is 17.5. The maximum atomic E-state index is 11.4. The first kappa shape index (κ1) is 52.8. The highest BCUT2D eigenvalue weighted by Gasteiger charge is 2.64. The molecule has 57 heavy (non-hydrogen) atoms. The number of carbonyl (C=O) groups is 2. The third-order valence-corrected chi connectivity index (χ3v) is 14.7. The number of carboxylic acids is 1. The number of hydrogen-bond acceptors (Lipinski definition) is 3. The summed E-state index contributed by atoms with van der Waals surface area (Å²) in [6.07, 6.45) is 51.5. The van der Waals surface area contributed by atoms with Crippen molar-refractivity contribution in [2.45, 2.75) is 120 Å². The highest BCUT2D eigenvalue weighted by Crippen LogP contribution is 2.73. The molecule has 0 bridgehead atoms. The number of carboxylic acid groups (broad SMARTS) is 1. The maximum absolute atomic E-state index is 11.4. The normalized spacial score (nSPS) is 32.2. The number of fused-ring (bicyclic) bond motifs is 7. The lowest BCUT2D eigenvalue weighted by atomic mass is 9.36. The lowest BCUT2D eigenvalue weighted by molar-refractivity contribution is -0.176. The van der Waals surface area contributed by atoms with Gasteiger partial charge in [-0.15, -0.1) is 58.0 Å².